The van der Waals surface area contributed by atoms with Crippen LogP contribution in [-0.4, -0.2) is 46.8 Å². The molecular formula is C18H25N5O3. The molecule has 0 aliphatic carbocycles. The number of carbonyl (C=O) groups is 1. The van der Waals surface area contributed by atoms with Crippen LogP contribution in [0.2, 0.25) is 0 Å². The first-order valence-corrected chi connectivity index (χ1v) is 8.65. The minimum atomic E-state index is -0.729. The number of anilines is 1. The predicted molar refractivity (Wildman–Crippen MR) is 98.2 cm³/mol. The van der Waals surface area contributed by atoms with Gasteiger partial charge in [-0.05, 0) is 6.07 Å². The standard InChI is InChI=1S/C18H25N5O3/c1-17(2,3)18(26-16(19)24)6-9-23(10-7-18)15-14-12(5-8-20-15)21-11-13(22-14)25-4/h5,8,11H,6-7,9-10H2,1-4H3,(H2,19,24). The zero-order valence-corrected chi connectivity index (χ0v) is 15.7. The number of carbonyl (C=O) groups excluding carboxylic acids is 1. The van der Waals surface area contributed by atoms with Crippen molar-refractivity contribution in [2.45, 2.75) is 39.2 Å². The number of nitrogens with zero attached hydrogens (tertiary/aromatic N) is 4. The van der Waals surface area contributed by atoms with Gasteiger partial charge in [-0.15, -0.1) is 0 Å². The summed E-state index contributed by atoms with van der Waals surface area (Å²) in [5, 5.41) is 0. The molecule has 8 nitrogen and oxygen atoms in total. The summed E-state index contributed by atoms with van der Waals surface area (Å²) >= 11 is 0. The molecule has 0 radical (unpaired) electrons. The van der Waals surface area contributed by atoms with Gasteiger partial charge < -0.3 is 20.1 Å². The maximum absolute atomic E-state index is 11.5. The van der Waals surface area contributed by atoms with Gasteiger partial charge in [0.15, 0.2) is 5.82 Å². The molecule has 1 amide bonds. The fourth-order valence-corrected chi connectivity index (χ4v) is 3.52. The molecule has 140 valence electrons. The normalized spacial score (nSPS) is 17.2. The van der Waals surface area contributed by atoms with E-state index in [4.69, 9.17) is 15.2 Å². The lowest BCUT2D eigenvalue weighted by Crippen LogP contribution is -2.55. The molecule has 8 heteroatoms. The van der Waals surface area contributed by atoms with Crippen LogP contribution in [0, 0.1) is 5.41 Å². The Hall–Kier alpha value is -2.64. The molecule has 3 rings (SSSR count). The Labute approximate surface area is 152 Å². The second-order valence-electron chi connectivity index (χ2n) is 7.57. The largest absolute Gasteiger partial charge is 0.480 e. The summed E-state index contributed by atoms with van der Waals surface area (Å²) < 4.78 is 10.8. The number of rotatable bonds is 3. The molecule has 1 aliphatic heterocycles. The number of methoxy groups -OCH3 is 1. The van der Waals surface area contributed by atoms with E-state index >= 15 is 0 Å². The monoisotopic (exact) mass is 359 g/mol. The highest BCUT2D eigenvalue weighted by Gasteiger charge is 2.47. The second-order valence-corrected chi connectivity index (χ2v) is 7.57. The third-order valence-electron chi connectivity index (χ3n) is 5.16. The topological polar surface area (TPSA) is 103 Å². The Balaban J connectivity index is 1.90. The van der Waals surface area contributed by atoms with Crippen molar-refractivity contribution in [1.82, 2.24) is 15.0 Å². The number of pyridine rings is 1. The van der Waals surface area contributed by atoms with E-state index in [0.717, 1.165) is 11.3 Å². The van der Waals surface area contributed by atoms with Crippen LogP contribution in [-0.2, 0) is 4.74 Å². The summed E-state index contributed by atoms with van der Waals surface area (Å²) in [6, 6.07) is 1.82. The van der Waals surface area contributed by atoms with E-state index in [0.29, 0.717) is 37.3 Å². The van der Waals surface area contributed by atoms with Crippen molar-refractivity contribution in [2.75, 3.05) is 25.1 Å². The van der Waals surface area contributed by atoms with E-state index in [1.165, 1.54) is 0 Å². The molecule has 2 aromatic heterocycles. The van der Waals surface area contributed by atoms with Crippen molar-refractivity contribution >= 4 is 22.9 Å². The van der Waals surface area contributed by atoms with Crippen LogP contribution in [0.5, 0.6) is 5.88 Å². The fraction of sp³-hybridized carbons (Fsp3) is 0.556. The second kappa shape index (κ2) is 6.59. The molecule has 0 atom stereocenters. The van der Waals surface area contributed by atoms with Crippen molar-refractivity contribution in [2.24, 2.45) is 11.1 Å². The highest BCUT2D eigenvalue weighted by Crippen LogP contribution is 2.43. The minimum Gasteiger partial charge on any atom is -0.480 e. The number of primary amides is 1. The molecule has 1 saturated heterocycles. The first-order chi connectivity index (χ1) is 12.3. The van der Waals surface area contributed by atoms with Gasteiger partial charge >= 0.3 is 6.09 Å². The quantitative estimate of drug-likeness (QED) is 0.898. The number of aromatic nitrogens is 3. The maximum atomic E-state index is 11.5. The summed E-state index contributed by atoms with van der Waals surface area (Å²) in [6.45, 7) is 7.55. The van der Waals surface area contributed by atoms with Gasteiger partial charge in [-0.1, -0.05) is 20.8 Å². The third kappa shape index (κ3) is 3.23. The molecule has 3 heterocycles. The van der Waals surface area contributed by atoms with Crippen LogP contribution >= 0.6 is 0 Å². The Morgan fingerprint density at radius 3 is 2.54 bits per heavy atom. The lowest BCUT2D eigenvalue weighted by Gasteiger charge is -2.48. The number of amides is 1. The Kier molecular flexibility index (Phi) is 4.60. The van der Waals surface area contributed by atoms with Gasteiger partial charge in [0.25, 0.3) is 0 Å². The first kappa shape index (κ1) is 18.2. The van der Waals surface area contributed by atoms with E-state index in [1.54, 1.807) is 19.5 Å². The third-order valence-corrected chi connectivity index (χ3v) is 5.16. The molecule has 2 aromatic rings. The highest BCUT2D eigenvalue weighted by molar-refractivity contribution is 5.85. The van der Waals surface area contributed by atoms with Gasteiger partial charge in [-0.3, -0.25) is 0 Å². The number of hydrogen-bond acceptors (Lipinski definition) is 7. The maximum Gasteiger partial charge on any atom is 0.405 e. The molecule has 1 fully saturated rings. The van der Waals surface area contributed by atoms with Crippen LogP contribution < -0.4 is 15.4 Å². The van der Waals surface area contributed by atoms with Crippen molar-refractivity contribution < 1.29 is 14.3 Å². The van der Waals surface area contributed by atoms with Crippen LogP contribution in [0.25, 0.3) is 11.0 Å². The van der Waals surface area contributed by atoms with Gasteiger partial charge in [-0.2, -0.15) is 0 Å². The highest BCUT2D eigenvalue weighted by atomic mass is 16.6. The molecule has 2 N–H and O–H groups in total. The molecule has 26 heavy (non-hydrogen) atoms. The summed E-state index contributed by atoms with van der Waals surface area (Å²) in [6.07, 6.45) is 3.91. The summed E-state index contributed by atoms with van der Waals surface area (Å²) in [5.74, 6) is 1.21. The molecular weight excluding hydrogens is 334 g/mol. The lowest BCUT2D eigenvalue weighted by molar-refractivity contribution is -0.0809. The van der Waals surface area contributed by atoms with Crippen molar-refractivity contribution in [3.8, 4) is 5.88 Å². The Bertz CT molecular complexity index is 810. The zero-order valence-electron chi connectivity index (χ0n) is 15.7. The smallest absolute Gasteiger partial charge is 0.405 e. The van der Waals surface area contributed by atoms with Crippen molar-refractivity contribution in [3.63, 3.8) is 0 Å². The molecule has 0 aromatic carbocycles. The van der Waals surface area contributed by atoms with Gasteiger partial charge in [-0.25, -0.2) is 19.7 Å². The van der Waals surface area contributed by atoms with Gasteiger partial charge in [0.05, 0.1) is 18.8 Å². The van der Waals surface area contributed by atoms with Crippen molar-refractivity contribution in [1.29, 1.82) is 0 Å². The predicted octanol–water partition coefficient (Wildman–Crippen LogP) is 2.51. The molecule has 0 spiro atoms. The van der Waals surface area contributed by atoms with Crippen LogP contribution in [0.1, 0.15) is 33.6 Å². The van der Waals surface area contributed by atoms with Crippen molar-refractivity contribution in [3.05, 3.63) is 18.5 Å². The van der Waals surface area contributed by atoms with Crippen LogP contribution in [0.4, 0.5) is 10.6 Å². The van der Waals surface area contributed by atoms with E-state index < -0.39 is 11.7 Å². The van der Waals surface area contributed by atoms with E-state index in [2.05, 4.69) is 40.6 Å². The summed E-state index contributed by atoms with van der Waals surface area (Å²) in [5.41, 5.74) is 5.99. The van der Waals surface area contributed by atoms with Gasteiger partial charge in [0, 0.05) is 37.5 Å². The van der Waals surface area contributed by atoms with Gasteiger partial charge in [0.1, 0.15) is 11.1 Å². The summed E-state index contributed by atoms with van der Waals surface area (Å²) in [7, 11) is 1.56. The van der Waals surface area contributed by atoms with E-state index in [-0.39, 0.29) is 5.41 Å². The number of piperidine rings is 1. The van der Waals surface area contributed by atoms with E-state index in [9.17, 15) is 4.79 Å². The SMILES string of the molecule is COc1cnc2ccnc(N3CCC(OC(N)=O)(C(C)(C)C)CC3)c2n1. The molecule has 0 bridgehead atoms. The minimum absolute atomic E-state index is 0.219. The Morgan fingerprint density at radius 1 is 1.27 bits per heavy atom. The average molecular weight is 359 g/mol. The number of nitrogens with two attached hydrogens (primary N) is 1. The number of ether oxygens (including phenoxy) is 2. The number of hydrogen-bond donors (Lipinski definition) is 1. The van der Waals surface area contributed by atoms with Crippen LogP contribution in [0.3, 0.4) is 0 Å². The lowest BCUT2D eigenvalue weighted by atomic mass is 9.70. The molecule has 0 saturated carbocycles. The zero-order chi connectivity index (χ0) is 18.9. The Morgan fingerprint density at radius 2 is 1.96 bits per heavy atom. The molecule has 1 aliphatic rings. The summed E-state index contributed by atoms with van der Waals surface area (Å²) in [4.78, 5) is 27.0. The van der Waals surface area contributed by atoms with Crippen LogP contribution in [0.15, 0.2) is 18.5 Å². The van der Waals surface area contributed by atoms with E-state index in [1.807, 2.05) is 6.07 Å². The average Bonchev–Trinajstić information content (AvgIpc) is 2.60. The molecule has 0 unspecified atom stereocenters. The fourth-order valence-electron chi connectivity index (χ4n) is 3.52. The first-order valence-electron chi connectivity index (χ1n) is 8.65. The van der Waals surface area contributed by atoms with Gasteiger partial charge in [0.2, 0.25) is 5.88 Å². The number of fused-ring (bicyclic) bond motifs is 1.